The third-order valence-corrected chi connectivity index (χ3v) is 4.58. The summed E-state index contributed by atoms with van der Waals surface area (Å²) >= 11 is 1.44. The zero-order chi connectivity index (χ0) is 17.1. The molecule has 7 nitrogen and oxygen atoms in total. The van der Waals surface area contributed by atoms with Crippen LogP contribution >= 0.6 is 11.3 Å². The molecule has 124 valence electrons. The standard InChI is InChI=1S/C16H17N5O2S/c1-4-11-7-8-24-15(11)16(22)17-12-5-6-14(23-3)13(9-12)21-10(2)18-19-20-21/h5-9H,4H2,1-3H3,(H,17,22). The normalized spacial score (nSPS) is 10.6. The largest absolute Gasteiger partial charge is 0.494 e. The van der Waals surface area contributed by atoms with E-state index in [-0.39, 0.29) is 5.91 Å². The van der Waals surface area contributed by atoms with Gasteiger partial charge in [0.1, 0.15) is 11.4 Å². The quantitative estimate of drug-likeness (QED) is 0.770. The van der Waals surface area contributed by atoms with Gasteiger partial charge in [-0.15, -0.1) is 16.4 Å². The topological polar surface area (TPSA) is 81.9 Å². The molecule has 1 aromatic carbocycles. The van der Waals surface area contributed by atoms with Gasteiger partial charge in [0.05, 0.1) is 12.0 Å². The fraction of sp³-hybridized carbons (Fsp3) is 0.250. The van der Waals surface area contributed by atoms with Gasteiger partial charge in [-0.1, -0.05) is 6.92 Å². The van der Waals surface area contributed by atoms with Crippen LogP contribution in [0.2, 0.25) is 0 Å². The highest BCUT2D eigenvalue weighted by Crippen LogP contribution is 2.27. The van der Waals surface area contributed by atoms with E-state index in [2.05, 4.69) is 20.8 Å². The second-order valence-electron chi connectivity index (χ2n) is 5.11. The van der Waals surface area contributed by atoms with Crippen LogP contribution in [-0.4, -0.2) is 33.2 Å². The fourth-order valence-corrected chi connectivity index (χ4v) is 3.28. The molecule has 8 heteroatoms. The highest BCUT2D eigenvalue weighted by Gasteiger charge is 2.15. The Labute approximate surface area is 143 Å². The van der Waals surface area contributed by atoms with Crippen LogP contribution in [0.25, 0.3) is 5.69 Å². The molecule has 1 N–H and O–H groups in total. The lowest BCUT2D eigenvalue weighted by Gasteiger charge is -2.12. The van der Waals surface area contributed by atoms with E-state index < -0.39 is 0 Å². The first-order valence-corrected chi connectivity index (χ1v) is 8.33. The molecule has 0 atom stereocenters. The Morgan fingerprint density at radius 2 is 2.21 bits per heavy atom. The van der Waals surface area contributed by atoms with Crippen molar-refractivity contribution in [3.63, 3.8) is 0 Å². The van der Waals surface area contributed by atoms with Crippen LogP contribution in [0.4, 0.5) is 5.69 Å². The fourth-order valence-electron chi connectivity index (χ4n) is 2.39. The maximum absolute atomic E-state index is 12.5. The number of carbonyl (C=O) groups excluding carboxylic acids is 1. The van der Waals surface area contributed by atoms with E-state index in [0.29, 0.717) is 22.9 Å². The maximum atomic E-state index is 12.5. The van der Waals surface area contributed by atoms with Gasteiger partial charge >= 0.3 is 0 Å². The van der Waals surface area contributed by atoms with Gasteiger partial charge in [0.25, 0.3) is 5.91 Å². The first-order valence-electron chi connectivity index (χ1n) is 7.45. The monoisotopic (exact) mass is 343 g/mol. The summed E-state index contributed by atoms with van der Waals surface area (Å²) < 4.78 is 6.93. The minimum atomic E-state index is -0.119. The maximum Gasteiger partial charge on any atom is 0.266 e. The van der Waals surface area contributed by atoms with E-state index in [1.165, 1.54) is 11.3 Å². The van der Waals surface area contributed by atoms with E-state index in [4.69, 9.17) is 4.74 Å². The third kappa shape index (κ3) is 3.00. The molecule has 0 saturated heterocycles. The van der Waals surface area contributed by atoms with Gasteiger partial charge in [-0.25, -0.2) is 0 Å². The Morgan fingerprint density at radius 3 is 2.88 bits per heavy atom. The third-order valence-electron chi connectivity index (χ3n) is 3.62. The van der Waals surface area contributed by atoms with Crippen molar-refractivity contribution in [1.29, 1.82) is 0 Å². The molecule has 0 spiro atoms. The molecular weight excluding hydrogens is 326 g/mol. The molecule has 0 aliphatic heterocycles. The van der Waals surface area contributed by atoms with Crippen LogP contribution in [0.3, 0.4) is 0 Å². The van der Waals surface area contributed by atoms with Crippen molar-refractivity contribution < 1.29 is 9.53 Å². The predicted molar refractivity (Wildman–Crippen MR) is 92.1 cm³/mol. The van der Waals surface area contributed by atoms with Gasteiger partial charge in [0, 0.05) is 5.69 Å². The van der Waals surface area contributed by atoms with Crippen LogP contribution in [0.1, 0.15) is 28.0 Å². The number of anilines is 1. The molecule has 0 aliphatic rings. The second kappa shape index (κ2) is 6.79. The number of nitrogens with zero attached hydrogens (tertiary/aromatic N) is 4. The summed E-state index contributed by atoms with van der Waals surface area (Å²) in [7, 11) is 1.58. The van der Waals surface area contributed by atoms with Crippen molar-refractivity contribution in [1.82, 2.24) is 20.2 Å². The van der Waals surface area contributed by atoms with Gasteiger partial charge < -0.3 is 10.1 Å². The lowest BCUT2D eigenvalue weighted by molar-refractivity contribution is 0.103. The van der Waals surface area contributed by atoms with Crippen LogP contribution in [0.15, 0.2) is 29.6 Å². The first kappa shape index (κ1) is 16.1. The van der Waals surface area contributed by atoms with Gasteiger partial charge in [-0.3, -0.25) is 4.79 Å². The summed E-state index contributed by atoms with van der Waals surface area (Å²) in [5, 5.41) is 16.3. The van der Waals surface area contributed by atoms with Gasteiger partial charge in [-0.05, 0) is 59.0 Å². The number of tetrazole rings is 1. The van der Waals surface area contributed by atoms with Crippen molar-refractivity contribution in [2.45, 2.75) is 20.3 Å². The molecule has 1 amide bonds. The zero-order valence-corrected chi connectivity index (χ0v) is 14.4. The number of amides is 1. The van der Waals surface area contributed by atoms with Crippen molar-refractivity contribution in [2.75, 3.05) is 12.4 Å². The van der Waals surface area contributed by atoms with Crippen LogP contribution < -0.4 is 10.1 Å². The van der Waals surface area contributed by atoms with E-state index in [1.807, 2.05) is 18.4 Å². The number of ether oxygens (including phenoxy) is 1. The van der Waals surface area contributed by atoms with E-state index >= 15 is 0 Å². The number of benzene rings is 1. The number of thiophene rings is 1. The minimum Gasteiger partial charge on any atom is -0.494 e. The Kier molecular flexibility index (Phi) is 4.57. The molecule has 0 saturated carbocycles. The Bertz CT molecular complexity index is 871. The molecule has 24 heavy (non-hydrogen) atoms. The van der Waals surface area contributed by atoms with Crippen molar-refractivity contribution >= 4 is 22.9 Å². The van der Waals surface area contributed by atoms with Gasteiger partial charge in [0.2, 0.25) is 0 Å². The molecule has 0 radical (unpaired) electrons. The van der Waals surface area contributed by atoms with E-state index in [0.717, 1.165) is 16.9 Å². The Balaban J connectivity index is 1.92. The molecule has 2 heterocycles. The number of aromatic nitrogens is 4. The van der Waals surface area contributed by atoms with Crippen LogP contribution in [-0.2, 0) is 6.42 Å². The summed E-state index contributed by atoms with van der Waals surface area (Å²) in [6, 6.07) is 7.34. The van der Waals surface area contributed by atoms with Crippen LogP contribution in [0.5, 0.6) is 5.75 Å². The zero-order valence-electron chi connectivity index (χ0n) is 13.6. The van der Waals surface area contributed by atoms with Crippen molar-refractivity contribution in [3.8, 4) is 11.4 Å². The number of nitrogens with one attached hydrogen (secondary N) is 1. The van der Waals surface area contributed by atoms with Gasteiger partial charge in [0.15, 0.2) is 5.82 Å². The number of hydrogen-bond acceptors (Lipinski definition) is 6. The molecule has 0 bridgehead atoms. The van der Waals surface area contributed by atoms with Gasteiger partial charge in [-0.2, -0.15) is 4.68 Å². The average Bonchev–Trinajstić information content (AvgIpc) is 3.23. The molecule has 0 fully saturated rings. The molecular formula is C16H17N5O2S. The molecule has 3 rings (SSSR count). The molecule has 0 unspecified atom stereocenters. The lowest BCUT2D eigenvalue weighted by atomic mass is 10.2. The molecule has 3 aromatic rings. The number of methoxy groups -OCH3 is 1. The summed E-state index contributed by atoms with van der Waals surface area (Å²) in [5.74, 6) is 1.13. The van der Waals surface area contributed by atoms with Crippen molar-refractivity contribution in [2.24, 2.45) is 0 Å². The highest BCUT2D eigenvalue weighted by atomic mass is 32.1. The smallest absolute Gasteiger partial charge is 0.266 e. The van der Waals surface area contributed by atoms with E-state index in [1.54, 1.807) is 36.9 Å². The number of hydrogen-bond donors (Lipinski definition) is 1. The van der Waals surface area contributed by atoms with Crippen molar-refractivity contribution in [3.05, 3.63) is 45.9 Å². The minimum absolute atomic E-state index is 0.119. The second-order valence-corrected chi connectivity index (χ2v) is 6.02. The number of rotatable bonds is 5. The number of carbonyl (C=O) groups is 1. The summed E-state index contributed by atoms with van der Waals surface area (Å²) in [4.78, 5) is 13.2. The molecule has 0 aliphatic carbocycles. The Morgan fingerprint density at radius 1 is 1.38 bits per heavy atom. The van der Waals surface area contributed by atoms with E-state index in [9.17, 15) is 4.79 Å². The number of aryl methyl sites for hydroxylation is 2. The summed E-state index contributed by atoms with van der Waals surface area (Å²) in [6.45, 7) is 3.83. The summed E-state index contributed by atoms with van der Waals surface area (Å²) in [6.07, 6.45) is 0.823. The molecule has 2 aromatic heterocycles. The van der Waals surface area contributed by atoms with Crippen LogP contribution in [0, 0.1) is 6.92 Å². The predicted octanol–water partition coefficient (Wildman–Crippen LogP) is 2.86. The Hall–Kier alpha value is -2.74. The average molecular weight is 343 g/mol. The highest BCUT2D eigenvalue weighted by molar-refractivity contribution is 7.12. The lowest BCUT2D eigenvalue weighted by Crippen LogP contribution is -2.12. The SMILES string of the molecule is CCc1ccsc1C(=O)Nc1ccc(OC)c(-n2nnnc2C)c1. The first-order chi connectivity index (χ1) is 11.6. The summed E-state index contributed by atoms with van der Waals surface area (Å²) in [5.41, 5.74) is 2.36.